The zero-order chi connectivity index (χ0) is 14.9. The van der Waals surface area contributed by atoms with Gasteiger partial charge >= 0.3 is 0 Å². The van der Waals surface area contributed by atoms with Gasteiger partial charge < -0.3 is 10.3 Å². The summed E-state index contributed by atoms with van der Waals surface area (Å²) in [5, 5.41) is 0. The van der Waals surface area contributed by atoms with Crippen LogP contribution in [0.5, 0.6) is 0 Å². The van der Waals surface area contributed by atoms with Crippen LogP contribution in [0.25, 0.3) is 0 Å². The summed E-state index contributed by atoms with van der Waals surface area (Å²) in [6.07, 6.45) is 1.08. The zero-order valence-electron chi connectivity index (χ0n) is 12.9. The van der Waals surface area contributed by atoms with Crippen molar-refractivity contribution in [1.29, 1.82) is 0 Å². The molecule has 1 saturated heterocycles. The first-order valence-corrected chi connectivity index (χ1v) is 7.19. The minimum Gasteiger partial charge on any atom is -0.338 e. The lowest BCUT2D eigenvalue weighted by Crippen LogP contribution is -2.32. The van der Waals surface area contributed by atoms with Gasteiger partial charge in [0.15, 0.2) is 0 Å². The van der Waals surface area contributed by atoms with Gasteiger partial charge in [-0.3, -0.25) is 10.6 Å². The van der Waals surface area contributed by atoms with E-state index < -0.39 is 0 Å². The Morgan fingerprint density at radius 1 is 1.40 bits per heavy atom. The first-order valence-electron chi connectivity index (χ1n) is 7.19. The summed E-state index contributed by atoms with van der Waals surface area (Å²) in [7, 11) is 0. The maximum atomic E-state index is 12.7. The SMILES string of the molecule is Cc1ccc(NN)c(C(=O)N2CCC(C(C)(C)C)C2)c1. The van der Waals surface area contributed by atoms with Crippen LogP contribution in [0.4, 0.5) is 5.69 Å². The number of carbonyl (C=O) groups excluding carboxylic acids is 1. The van der Waals surface area contributed by atoms with Crippen LogP contribution >= 0.6 is 0 Å². The number of anilines is 1. The Balaban J connectivity index is 2.19. The molecule has 1 aromatic carbocycles. The molecule has 110 valence electrons. The molecule has 1 heterocycles. The van der Waals surface area contributed by atoms with Gasteiger partial charge in [0.05, 0.1) is 11.3 Å². The molecule has 1 unspecified atom stereocenters. The highest BCUT2D eigenvalue weighted by molar-refractivity contribution is 5.99. The Morgan fingerprint density at radius 2 is 2.10 bits per heavy atom. The number of carbonyl (C=O) groups is 1. The molecule has 1 atom stereocenters. The minimum atomic E-state index is 0.0772. The predicted octanol–water partition coefficient (Wildman–Crippen LogP) is 2.79. The van der Waals surface area contributed by atoms with E-state index in [0.717, 1.165) is 25.1 Å². The van der Waals surface area contributed by atoms with Gasteiger partial charge in [0.25, 0.3) is 5.91 Å². The second kappa shape index (κ2) is 5.44. The molecule has 4 heteroatoms. The number of nitrogens with zero attached hydrogens (tertiary/aromatic N) is 1. The first kappa shape index (κ1) is 14.9. The summed E-state index contributed by atoms with van der Waals surface area (Å²) in [5.74, 6) is 6.15. The van der Waals surface area contributed by atoms with Crippen molar-refractivity contribution in [2.75, 3.05) is 18.5 Å². The molecule has 1 amide bonds. The van der Waals surface area contributed by atoms with Gasteiger partial charge in [-0.2, -0.15) is 0 Å². The molecule has 2 rings (SSSR count). The number of likely N-dealkylation sites (tertiary alicyclic amines) is 1. The minimum absolute atomic E-state index is 0.0772. The van der Waals surface area contributed by atoms with Crippen molar-refractivity contribution >= 4 is 11.6 Å². The number of hydrogen-bond donors (Lipinski definition) is 2. The monoisotopic (exact) mass is 275 g/mol. The van der Waals surface area contributed by atoms with E-state index in [0.29, 0.717) is 17.2 Å². The molecule has 0 radical (unpaired) electrons. The van der Waals surface area contributed by atoms with Crippen molar-refractivity contribution in [3.05, 3.63) is 29.3 Å². The molecule has 1 aliphatic rings. The number of rotatable bonds is 2. The smallest absolute Gasteiger partial charge is 0.256 e. The predicted molar refractivity (Wildman–Crippen MR) is 82.5 cm³/mol. The van der Waals surface area contributed by atoms with Crippen molar-refractivity contribution < 1.29 is 4.79 Å². The maximum Gasteiger partial charge on any atom is 0.256 e. The van der Waals surface area contributed by atoms with Gasteiger partial charge in [-0.05, 0) is 36.8 Å². The maximum absolute atomic E-state index is 12.7. The van der Waals surface area contributed by atoms with Crippen LogP contribution in [0, 0.1) is 18.3 Å². The Morgan fingerprint density at radius 3 is 2.65 bits per heavy atom. The molecule has 3 N–H and O–H groups in total. The summed E-state index contributed by atoms with van der Waals surface area (Å²) in [6, 6.07) is 5.72. The Bertz CT molecular complexity index is 505. The van der Waals surface area contributed by atoms with E-state index in [1.54, 1.807) is 0 Å². The summed E-state index contributed by atoms with van der Waals surface area (Å²) in [6.45, 7) is 10.4. The van der Waals surface area contributed by atoms with E-state index in [1.165, 1.54) is 0 Å². The van der Waals surface area contributed by atoms with Gasteiger partial charge in [0.1, 0.15) is 0 Å². The third-order valence-corrected chi connectivity index (χ3v) is 4.26. The zero-order valence-corrected chi connectivity index (χ0v) is 12.9. The number of nitrogens with one attached hydrogen (secondary N) is 1. The largest absolute Gasteiger partial charge is 0.338 e. The molecular formula is C16H25N3O. The lowest BCUT2D eigenvalue weighted by molar-refractivity contribution is 0.0777. The highest BCUT2D eigenvalue weighted by Crippen LogP contribution is 2.34. The van der Waals surface area contributed by atoms with Crippen LogP contribution in [0.1, 0.15) is 43.1 Å². The molecule has 0 aliphatic carbocycles. The summed E-state index contributed by atoms with van der Waals surface area (Å²) in [4.78, 5) is 14.6. The van der Waals surface area contributed by atoms with E-state index in [2.05, 4.69) is 26.2 Å². The molecule has 1 aliphatic heterocycles. The fourth-order valence-electron chi connectivity index (χ4n) is 2.78. The first-order chi connectivity index (χ1) is 9.32. The highest BCUT2D eigenvalue weighted by Gasteiger charge is 2.34. The van der Waals surface area contributed by atoms with Crippen LogP contribution in [-0.4, -0.2) is 23.9 Å². The van der Waals surface area contributed by atoms with Gasteiger partial charge in [-0.15, -0.1) is 0 Å². The molecule has 1 fully saturated rings. The second-order valence-corrected chi connectivity index (χ2v) is 6.80. The summed E-state index contributed by atoms with van der Waals surface area (Å²) >= 11 is 0. The standard InChI is InChI=1S/C16H25N3O/c1-11-5-6-14(18-17)13(9-11)15(20)19-8-7-12(10-19)16(2,3)4/h5-6,9,12,18H,7-8,10,17H2,1-4H3. The Labute approximate surface area is 121 Å². The van der Waals surface area contributed by atoms with Gasteiger partial charge in [-0.25, -0.2) is 0 Å². The second-order valence-electron chi connectivity index (χ2n) is 6.80. The molecular weight excluding hydrogens is 250 g/mol. The number of amides is 1. The topological polar surface area (TPSA) is 58.4 Å². The van der Waals surface area contributed by atoms with Crippen molar-refractivity contribution in [2.24, 2.45) is 17.2 Å². The third kappa shape index (κ3) is 2.96. The lowest BCUT2D eigenvalue weighted by Gasteiger charge is -2.27. The summed E-state index contributed by atoms with van der Waals surface area (Å²) in [5.41, 5.74) is 5.30. The van der Waals surface area contributed by atoms with Crippen LogP contribution in [0.3, 0.4) is 0 Å². The molecule has 0 spiro atoms. The lowest BCUT2D eigenvalue weighted by atomic mass is 9.80. The molecule has 1 aromatic rings. The van der Waals surface area contributed by atoms with E-state index in [-0.39, 0.29) is 11.3 Å². The average Bonchev–Trinajstić information content (AvgIpc) is 2.87. The normalized spacial score (nSPS) is 19.2. The fraction of sp³-hybridized carbons (Fsp3) is 0.562. The van der Waals surface area contributed by atoms with E-state index in [1.807, 2.05) is 30.0 Å². The summed E-state index contributed by atoms with van der Waals surface area (Å²) < 4.78 is 0. The van der Waals surface area contributed by atoms with E-state index >= 15 is 0 Å². The quantitative estimate of drug-likeness (QED) is 0.644. The van der Waals surface area contributed by atoms with Crippen molar-refractivity contribution in [3.8, 4) is 0 Å². The molecule has 0 bridgehead atoms. The molecule has 0 aromatic heterocycles. The number of aryl methyl sites for hydroxylation is 1. The van der Waals surface area contributed by atoms with Crippen molar-refractivity contribution in [1.82, 2.24) is 4.90 Å². The molecule has 4 nitrogen and oxygen atoms in total. The van der Waals surface area contributed by atoms with Gasteiger partial charge in [0, 0.05) is 13.1 Å². The van der Waals surface area contributed by atoms with Crippen LogP contribution in [-0.2, 0) is 0 Å². The highest BCUT2D eigenvalue weighted by atomic mass is 16.2. The van der Waals surface area contributed by atoms with Gasteiger partial charge in [0.2, 0.25) is 0 Å². The Kier molecular flexibility index (Phi) is 4.04. The van der Waals surface area contributed by atoms with Crippen molar-refractivity contribution in [3.63, 3.8) is 0 Å². The Hall–Kier alpha value is -1.55. The van der Waals surface area contributed by atoms with E-state index in [4.69, 9.17) is 5.84 Å². The number of hydrazine groups is 1. The number of nitrogens with two attached hydrogens (primary N) is 1. The average molecular weight is 275 g/mol. The van der Waals surface area contributed by atoms with Crippen molar-refractivity contribution in [2.45, 2.75) is 34.1 Å². The molecule has 0 saturated carbocycles. The fourth-order valence-corrected chi connectivity index (χ4v) is 2.78. The van der Waals surface area contributed by atoms with Crippen LogP contribution in [0.2, 0.25) is 0 Å². The molecule has 20 heavy (non-hydrogen) atoms. The number of hydrogen-bond acceptors (Lipinski definition) is 3. The third-order valence-electron chi connectivity index (χ3n) is 4.26. The van der Waals surface area contributed by atoms with Crippen LogP contribution in [0.15, 0.2) is 18.2 Å². The van der Waals surface area contributed by atoms with E-state index in [9.17, 15) is 4.79 Å². The van der Waals surface area contributed by atoms with Crippen LogP contribution < -0.4 is 11.3 Å². The number of nitrogen functional groups attached to an aromatic ring is 1. The number of benzene rings is 1. The van der Waals surface area contributed by atoms with Gasteiger partial charge in [-0.1, -0.05) is 32.4 Å².